The maximum absolute atomic E-state index is 12.0. The van der Waals surface area contributed by atoms with Gasteiger partial charge < -0.3 is 22.8 Å². The van der Waals surface area contributed by atoms with Gasteiger partial charge in [-0.15, -0.1) is 0 Å². The van der Waals surface area contributed by atoms with Crippen LogP contribution < -0.4 is 0 Å². The molecule has 0 saturated heterocycles. The molecule has 0 heterocycles. The van der Waals surface area contributed by atoms with Crippen molar-refractivity contribution in [2.24, 2.45) is 0 Å². The lowest BCUT2D eigenvalue weighted by molar-refractivity contribution is -0.240. The average molecular weight is 397 g/mol. The van der Waals surface area contributed by atoms with Crippen LogP contribution in [0.1, 0.15) is 6.92 Å². The Morgan fingerprint density at radius 3 is 1.65 bits per heavy atom. The molecule has 0 aromatic carbocycles. The highest BCUT2D eigenvalue weighted by Crippen LogP contribution is 2.35. The van der Waals surface area contributed by atoms with Crippen LogP contribution in [-0.2, 0) is 22.5 Å². The van der Waals surface area contributed by atoms with Gasteiger partial charge >= 0.3 is 5.97 Å². The van der Waals surface area contributed by atoms with Crippen molar-refractivity contribution >= 4 is 42.1 Å². The Kier molecular flexibility index (Phi) is 8.14. The van der Waals surface area contributed by atoms with Gasteiger partial charge in [-0.1, -0.05) is 0 Å². The smallest absolute Gasteiger partial charge is 0.343 e. The van der Waals surface area contributed by atoms with Crippen LogP contribution >= 0.6 is 0 Å². The number of hydrogen-bond donors (Lipinski definition) is 1. The van der Waals surface area contributed by atoms with Crippen molar-refractivity contribution in [1.82, 2.24) is 0 Å². The standard InChI is InChI=1S/C13H32O6Si4/c1-10(16-20)11(12(14)15)13(17-21(2)3,18-22(4,5)6)19-23(7,8)9/h21H,1-9,20H3,(H,14,15). The molecule has 0 atom stereocenters. The van der Waals surface area contributed by atoms with E-state index in [1.807, 2.05) is 52.4 Å². The summed E-state index contributed by atoms with van der Waals surface area (Å²) in [6, 6.07) is 0. The Labute approximate surface area is 146 Å². The Bertz CT molecular complexity index is 434. The number of carboxylic acids is 1. The van der Waals surface area contributed by atoms with E-state index in [2.05, 4.69) is 0 Å². The summed E-state index contributed by atoms with van der Waals surface area (Å²) >= 11 is 0. The van der Waals surface area contributed by atoms with E-state index in [-0.39, 0.29) is 11.3 Å². The third kappa shape index (κ3) is 7.92. The minimum absolute atomic E-state index is 0.0708. The normalized spacial score (nSPS) is 14.9. The van der Waals surface area contributed by atoms with Crippen LogP contribution in [0.4, 0.5) is 0 Å². The molecule has 0 aliphatic rings. The highest BCUT2D eigenvalue weighted by Gasteiger charge is 2.50. The van der Waals surface area contributed by atoms with E-state index < -0.39 is 37.6 Å². The Balaban J connectivity index is 6.43. The van der Waals surface area contributed by atoms with Crippen molar-refractivity contribution in [2.75, 3.05) is 0 Å². The van der Waals surface area contributed by atoms with Gasteiger partial charge in [-0.2, -0.15) is 0 Å². The minimum atomic E-state index is -2.17. The van der Waals surface area contributed by atoms with Gasteiger partial charge in [0.2, 0.25) is 10.5 Å². The first-order valence-corrected chi connectivity index (χ1v) is 18.1. The van der Waals surface area contributed by atoms with E-state index in [0.717, 1.165) is 0 Å². The summed E-state index contributed by atoms with van der Waals surface area (Å²) in [4.78, 5) is 12.0. The summed E-state index contributed by atoms with van der Waals surface area (Å²) < 4.78 is 23.9. The number of rotatable bonds is 9. The lowest BCUT2D eigenvalue weighted by atomic mass is 10.2. The van der Waals surface area contributed by atoms with Crippen LogP contribution in [0.25, 0.3) is 0 Å². The van der Waals surface area contributed by atoms with Crippen molar-refractivity contribution in [1.29, 1.82) is 0 Å². The average Bonchev–Trinajstić information content (AvgIpc) is 2.21. The van der Waals surface area contributed by atoms with Crippen LogP contribution in [0.15, 0.2) is 11.3 Å². The molecule has 0 fully saturated rings. The van der Waals surface area contributed by atoms with Gasteiger partial charge in [0.05, 0.1) is 5.76 Å². The predicted molar refractivity (Wildman–Crippen MR) is 103 cm³/mol. The molecule has 10 heteroatoms. The summed E-state index contributed by atoms with van der Waals surface area (Å²) in [7, 11) is -5.64. The lowest BCUT2D eigenvalue weighted by Crippen LogP contribution is -2.56. The second kappa shape index (κ2) is 8.23. The molecule has 0 saturated carbocycles. The maximum atomic E-state index is 12.0. The van der Waals surface area contributed by atoms with E-state index in [0.29, 0.717) is 10.5 Å². The number of carbonyl (C=O) groups is 1. The second-order valence-electron chi connectivity index (χ2n) is 7.59. The molecule has 0 unspecified atom stereocenters. The van der Waals surface area contributed by atoms with Crippen LogP contribution in [0.5, 0.6) is 0 Å². The third-order valence-corrected chi connectivity index (χ3v) is 5.61. The lowest BCUT2D eigenvalue weighted by Gasteiger charge is -2.43. The molecule has 0 aromatic rings. The second-order valence-corrected chi connectivity index (χ2v) is 19.2. The maximum Gasteiger partial charge on any atom is 0.343 e. The third-order valence-electron chi connectivity index (χ3n) is 2.45. The van der Waals surface area contributed by atoms with Gasteiger partial charge in [0.25, 0.3) is 5.97 Å². The van der Waals surface area contributed by atoms with Gasteiger partial charge in [-0.05, 0) is 59.3 Å². The first kappa shape index (κ1) is 22.8. The Hall–Kier alpha value is -0.242. The van der Waals surface area contributed by atoms with Gasteiger partial charge in [0, 0.05) is 0 Å². The van der Waals surface area contributed by atoms with Gasteiger partial charge in [-0.3, -0.25) is 0 Å². The zero-order chi connectivity index (χ0) is 18.6. The molecule has 136 valence electrons. The molecule has 0 aromatic heterocycles. The van der Waals surface area contributed by atoms with E-state index in [4.69, 9.17) is 17.7 Å². The zero-order valence-electron chi connectivity index (χ0n) is 16.1. The molecular formula is C13H32O6Si4. The van der Waals surface area contributed by atoms with Crippen LogP contribution in [0, 0.1) is 0 Å². The van der Waals surface area contributed by atoms with Crippen molar-refractivity contribution in [2.45, 2.75) is 65.3 Å². The monoisotopic (exact) mass is 396 g/mol. The molecule has 0 aliphatic carbocycles. The first-order valence-electron chi connectivity index (χ1n) is 7.70. The summed E-state index contributed by atoms with van der Waals surface area (Å²) in [5, 5.41) is 9.80. The van der Waals surface area contributed by atoms with Crippen molar-refractivity contribution < 1.29 is 27.6 Å². The molecule has 0 spiro atoms. The molecule has 0 aliphatic heterocycles. The molecule has 23 heavy (non-hydrogen) atoms. The topological polar surface area (TPSA) is 74.2 Å². The fourth-order valence-corrected chi connectivity index (χ4v) is 5.26. The summed E-state index contributed by atoms with van der Waals surface area (Å²) in [6.45, 7) is 17.5. The highest BCUT2D eigenvalue weighted by atomic mass is 28.4. The number of aliphatic carboxylic acids is 1. The Morgan fingerprint density at radius 1 is 1.04 bits per heavy atom. The van der Waals surface area contributed by atoms with E-state index >= 15 is 0 Å². The molecule has 0 radical (unpaired) electrons. The molecular weight excluding hydrogens is 364 g/mol. The van der Waals surface area contributed by atoms with Gasteiger partial charge in [0.15, 0.2) is 31.2 Å². The molecule has 0 bridgehead atoms. The van der Waals surface area contributed by atoms with Crippen LogP contribution in [0.2, 0.25) is 52.4 Å². The van der Waals surface area contributed by atoms with E-state index in [9.17, 15) is 9.90 Å². The fourth-order valence-electron chi connectivity index (χ4n) is 1.95. The molecule has 6 nitrogen and oxygen atoms in total. The zero-order valence-corrected chi connectivity index (χ0v) is 21.2. The largest absolute Gasteiger partial charge is 0.556 e. The first-order chi connectivity index (χ1) is 10.1. The van der Waals surface area contributed by atoms with Crippen LogP contribution in [-0.4, -0.2) is 53.2 Å². The number of carboxylic acid groups (broad SMARTS) is 1. The number of allylic oxidation sites excluding steroid dienone is 1. The van der Waals surface area contributed by atoms with E-state index in [1.54, 1.807) is 6.92 Å². The highest BCUT2D eigenvalue weighted by molar-refractivity contribution is 6.71. The number of hydrogen-bond acceptors (Lipinski definition) is 5. The van der Waals surface area contributed by atoms with Crippen molar-refractivity contribution in [3.8, 4) is 0 Å². The fraction of sp³-hybridized carbons (Fsp3) is 0.769. The molecule has 0 amide bonds. The summed E-state index contributed by atoms with van der Waals surface area (Å²) in [6.07, 6.45) is 0. The predicted octanol–water partition coefficient (Wildman–Crippen LogP) is 2.00. The van der Waals surface area contributed by atoms with Gasteiger partial charge in [-0.25, -0.2) is 4.79 Å². The SMILES string of the molecule is CC(O[SiH3])=C(C(=O)O)C(O[SiH](C)C)(O[Si](C)(C)C)O[Si](C)(C)C. The molecule has 1 N–H and O–H groups in total. The minimum Gasteiger partial charge on any atom is -0.556 e. The van der Waals surface area contributed by atoms with Crippen molar-refractivity contribution in [3.63, 3.8) is 0 Å². The summed E-state index contributed by atoms with van der Waals surface area (Å²) in [5.41, 5.74) is -0.0708. The van der Waals surface area contributed by atoms with Crippen molar-refractivity contribution in [3.05, 3.63) is 11.3 Å². The summed E-state index contributed by atoms with van der Waals surface area (Å²) in [5.74, 6) is -2.53. The Morgan fingerprint density at radius 2 is 1.43 bits per heavy atom. The van der Waals surface area contributed by atoms with E-state index in [1.165, 1.54) is 0 Å². The van der Waals surface area contributed by atoms with Gasteiger partial charge in [0.1, 0.15) is 0 Å². The van der Waals surface area contributed by atoms with Crippen LogP contribution in [0.3, 0.4) is 0 Å². The quantitative estimate of drug-likeness (QED) is 0.278. The molecule has 0 rings (SSSR count).